The molecule has 1 aliphatic rings. The van der Waals surface area contributed by atoms with Crippen LogP contribution in [0.2, 0.25) is 0 Å². The fourth-order valence-corrected chi connectivity index (χ4v) is 2.35. The van der Waals surface area contributed by atoms with Crippen LogP contribution in [-0.4, -0.2) is 32.1 Å². The lowest BCUT2D eigenvalue weighted by Crippen LogP contribution is -2.44. The number of nitrogens with two attached hydrogens (primary N) is 1. The first-order valence-electron chi connectivity index (χ1n) is 6.02. The van der Waals surface area contributed by atoms with E-state index in [4.69, 9.17) is 5.73 Å². The fraction of sp³-hybridized carbons (Fsp3) is 0.462. The Morgan fingerprint density at radius 1 is 1.47 bits per heavy atom. The number of primary amides is 1. The molecule has 1 fully saturated rings. The number of para-hydroxylation sites is 1. The van der Waals surface area contributed by atoms with Gasteiger partial charge in [0.25, 0.3) is 5.91 Å². The number of hydrogen-bond acceptors (Lipinski definition) is 3. The van der Waals surface area contributed by atoms with E-state index in [0.717, 1.165) is 25.2 Å². The monoisotopic (exact) mass is 233 g/mol. The molecule has 0 saturated carbocycles. The number of amides is 1. The second-order valence-electron chi connectivity index (χ2n) is 4.49. The predicted octanol–water partition coefficient (Wildman–Crippen LogP) is 0.974. The van der Waals surface area contributed by atoms with Crippen LogP contribution in [0.4, 0.5) is 5.69 Å². The van der Waals surface area contributed by atoms with Crippen LogP contribution in [0.25, 0.3) is 0 Å². The normalized spacial score (nSPS) is 19.9. The van der Waals surface area contributed by atoms with Crippen molar-refractivity contribution in [3.63, 3.8) is 0 Å². The van der Waals surface area contributed by atoms with Gasteiger partial charge in [-0.3, -0.25) is 4.79 Å². The SMILES string of the molecule is CN(c1ccccc1C(N)=O)C1CCCNC1. The number of rotatable bonds is 3. The van der Waals surface area contributed by atoms with E-state index in [1.807, 2.05) is 25.2 Å². The second-order valence-corrected chi connectivity index (χ2v) is 4.49. The van der Waals surface area contributed by atoms with Crippen molar-refractivity contribution in [3.8, 4) is 0 Å². The van der Waals surface area contributed by atoms with Crippen LogP contribution >= 0.6 is 0 Å². The summed E-state index contributed by atoms with van der Waals surface area (Å²) in [5.41, 5.74) is 6.92. The molecule has 1 unspecified atom stereocenters. The third kappa shape index (κ3) is 2.58. The van der Waals surface area contributed by atoms with E-state index in [1.54, 1.807) is 6.07 Å². The van der Waals surface area contributed by atoms with Gasteiger partial charge in [0.2, 0.25) is 0 Å². The Morgan fingerprint density at radius 2 is 2.24 bits per heavy atom. The Bertz CT molecular complexity index is 399. The molecule has 2 rings (SSSR count). The van der Waals surface area contributed by atoms with Gasteiger partial charge in [0.05, 0.1) is 5.56 Å². The van der Waals surface area contributed by atoms with Gasteiger partial charge < -0.3 is 16.0 Å². The van der Waals surface area contributed by atoms with E-state index >= 15 is 0 Å². The van der Waals surface area contributed by atoms with E-state index in [1.165, 1.54) is 6.42 Å². The molecule has 0 radical (unpaired) electrons. The van der Waals surface area contributed by atoms with Crippen molar-refractivity contribution >= 4 is 11.6 Å². The summed E-state index contributed by atoms with van der Waals surface area (Å²) in [6, 6.07) is 7.95. The number of likely N-dealkylation sites (N-methyl/N-ethyl adjacent to an activating group) is 1. The molecule has 92 valence electrons. The van der Waals surface area contributed by atoms with Crippen LogP contribution in [0.1, 0.15) is 23.2 Å². The number of nitrogens with zero attached hydrogens (tertiary/aromatic N) is 1. The average molecular weight is 233 g/mol. The summed E-state index contributed by atoms with van der Waals surface area (Å²) in [4.78, 5) is 13.5. The summed E-state index contributed by atoms with van der Waals surface area (Å²) >= 11 is 0. The predicted molar refractivity (Wildman–Crippen MR) is 69.3 cm³/mol. The van der Waals surface area contributed by atoms with Gasteiger partial charge in [-0.2, -0.15) is 0 Å². The van der Waals surface area contributed by atoms with Crippen LogP contribution in [0, 0.1) is 0 Å². The molecule has 1 aromatic carbocycles. The van der Waals surface area contributed by atoms with Crippen molar-refractivity contribution in [2.45, 2.75) is 18.9 Å². The summed E-state index contributed by atoms with van der Waals surface area (Å²) in [6.07, 6.45) is 2.32. The summed E-state index contributed by atoms with van der Waals surface area (Å²) in [5.74, 6) is -0.365. The Kier molecular flexibility index (Phi) is 3.64. The maximum atomic E-state index is 11.4. The number of benzene rings is 1. The third-order valence-corrected chi connectivity index (χ3v) is 3.37. The highest BCUT2D eigenvalue weighted by atomic mass is 16.1. The maximum absolute atomic E-state index is 11.4. The maximum Gasteiger partial charge on any atom is 0.250 e. The molecule has 0 spiro atoms. The average Bonchev–Trinajstić information content (AvgIpc) is 2.39. The summed E-state index contributed by atoms with van der Waals surface area (Å²) in [6.45, 7) is 2.05. The molecule has 0 bridgehead atoms. The molecule has 4 heteroatoms. The molecule has 0 aromatic heterocycles. The van der Waals surface area contributed by atoms with Gasteiger partial charge in [0.1, 0.15) is 0 Å². The summed E-state index contributed by atoms with van der Waals surface area (Å²) in [7, 11) is 2.03. The lowest BCUT2D eigenvalue weighted by Gasteiger charge is -2.34. The first-order chi connectivity index (χ1) is 8.20. The molecule has 1 saturated heterocycles. The quantitative estimate of drug-likeness (QED) is 0.818. The molecule has 4 nitrogen and oxygen atoms in total. The Morgan fingerprint density at radius 3 is 2.88 bits per heavy atom. The van der Waals surface area contributed by atoms with Gasteiger partial charge >= 0.3 is 0 Å². The van der Waals surface area contributed by atoms with Gasteiger partial charge in [-0.05, 0) is 31.5 Å². The van der Waals surface area contributed by atoms with Crippen LogP contribution in [-0.2, 0) is 0 Å². The summed E-state index contributed by atoms with van der Waals surface area (Å²) in [5, 5.41) is 3.38. The van der Waals surface area contributed by atoms with Crippen LogP contribution < -0.4 is 16.0 Å². The zero-order chi connectivity index (χ0) is 12.3. The van der Waals surface area contributed by atoms with E-state index in [-0.39, 0.29) is 5.91 Å². The van der Waals surface area contributed by atoms with E-state index in [9.17, 15) is 4.79 Å². The standard InChI is InChI=1S/C13H19N3O/c1-16(10-5-4-8-15-9-10)12-7-3-2-6-11(12)13(14)17/h2-3,6-7,10,15H,4-5,8-9H2,1H3,(H2,14,17). The van der Waals surface area contributed by atoms with Crippen molar-refractivity contribution in [1.29, 1.82) is 0 Å². The van der Waals surface area contributed by atoms with Gasteiger partial charge in [-0.1, -0.05) is 12.1 Å². The molecule has 1 aromatic rings. The highest BCUT2D eigenvalue weighted by molar-refractivity contribution is 5.98. The molecule has 17 heavy (non-hydrogen) atoms. The van der Waals surface area contributed by atoms with Crippen LogP contribution in [0.5, 0.6) is 0 Å². The first-order valence-corrected chi connectivity index (χ1v) is 6.02. The van der Waals surface area contributed by atoms with Crippen molar-refractivity contribution < 1.29 is 4.79 Å². The third-order valence-electron chi connectivity index (χ3n) is 3.37. The van der Waals surface area contributed by atoms with E-state index in [0.29, 0.717) is 11.6 Å². The van der Waals surface area contributed by atoms with Crippen LogP contribution in [0.3, 0.4) is 0 Å². The lowest BCUT2D eigenvalue weighted by molar-refractivity contribution is 0.100. The zero-order valence-electron chi connectivity index (χ0n) is 10.1. The Labute approximate surface area is 102 Å². The van der Waals surface area contributed by atoms with Crippen molar-refractivity contribution in [2.24, 2.45) is 5.73 Å². The Hall–Kier alpha value is -1.55. The number of carbonyl (C=O) groups is 1. The highest BCUT2D eigenvalue weighted by Crippen LogP contribution is 2.22. The molecule has 1 atom stereocenters. The smallest absolute Gasteiger partial charge is 0.250 e. The van der Waals surface area contributed by atoms with E-state index < -0.39 is 0 Å². The fourth-order valence-electron chi connectivity index (χ4n) is 2.35. The minimum Gasteiger partial charge on any atom is -0.370 e. The van der Waals surface area contributed by atoms with Gasteiger partial charge in [-0.25, -0.2) is 0 Å². The second kappa shape index (κ2) is 5.19. The van der Waals surface area contributed by atoms with Gasteiger partial charge in [-0.15, -0.1) is 0 Å². The summed E-state index contributed by atoms with van der Waals surface area (Å²) < 4.78 is 0. The minimum absolute atomic E-state index is 0.365. The molecule has 0 aliphatic carbocycles. The number of hydrogen-bond donors (Lipinski definition) is 2. The first kappa shape index (κ1) is 11.9. The Balaban J connectivity index is 2.23. The molecule has 1 heterocycles. The van der Waals surface area contributed by atoms with Gasteiger partial charge in [0, 0.05) is 25.3 Å². The molecule has 1 amide bonds. The minimum atomic E-state index is -0.365. The lowest BCUT2D eigenvalue weighted by atomic mass is 10.0. The molecule has 3 N–H and O–H groups in total. The molecular formula is C13H19N3O. The van der Waals surface area contributed by atoms with Crippen molar-refractivity contribution in [1.82, 2.24) is 5.32 Å². The topological polar surface area (TPSA) is 58.4 Å². The van der Waals surface area contributed by atoms with Crippen LogP contribution in [0.15, 0.2) is 24.3 Å². The number of anilines is 1. The number of carbonyl (C=O) groups excluding carboxylic acids is 1. The number of nitrogens with one attached hydrogen (secondary N) is 1. The van der Waals surface area contributed by atoms with Gasteiger partial charge in [0.15, 0.2) is 0 Å². The molecular weight excluding hydrogens is 214 g/mol. The van der Waals surface area contributed by atoms with E-state index in [2.05, 4.69) is 10.2 Å². The highest BCUT2D eigenvalue weighted by Gasteiger charge is 2.20. The van der Waals surface area contributed by atoms with Crippen molar-refractivity contribution in [2.75, 3.05) is 25.0 Å². The number of piperidine rings is 1. The largest absolute Gasteiger partial charge is 0.370 e. The van der Waals surface area contributed by atoms with Crippen molar-refractivity contribution in [3.05, 3.63) is 29.8 Å². The molecule has 1 aliphatic heterocycles. The zero-order valence-corrected chi connectivity index (χ0v) is 10.1.